The molecule has 0 saturated carbocycles. The fourth-order valence-corrected chi connectivity index (χ4v) is 4.06. The molecule has 4 heterocycles. The number of nitrogens with one attached hydrogen (secondary N) is 3. The summed E-state index contributed by atoms with van der Waals surface area (Å²) in [5.74, 6) is -5.73. The summed E-state index contributed by atoms with van der Waals surface area (Å²) in [7, 11) is 0. The second kappa shape index (κ2) is 8.90. The molecule has 4 rings (SSSR count). The third-order valence-electron chi connectivity index (χ3n) is 5.80. The van der Waals surface area contributed by atoms with E-state index in [1.165, 1.54) is 0 Å². The van der Waals surface area contributed by atoms with Crippen molar-refractivity contribution in [3.05, 3.63) is 61.3 Å². The maximum atomic E-state index is 12.7. The number of aromatic nitrogens is 4. The molecule has 0 aliphatic carbocycles. The first-order valence-corrected chi connectivity index (χ1v) is 10.2. The van der Waals surface area contributed by atoms with Crippen molar-refractivity contribution in [3.8, 4) is 0 Å². The topological polar surface area (TPSA) is 266 Å². The first-order chi connectivity index (χ1) is 16.5. The van der Waals surface area contributed by atoms with E-state index in [4.69, 9.17) is 19.6 Å². The van der Waals surface area contributed by atoms with Crippen LogP contribution < -0.4 is 22.4 Å². The van der Waals surface area contributed by atoms with Crippen LogP contribution in [-0.4, -0.2) is 99.6 Å². The van der Waals surface area contributed by atoms with Crippen LogP contribution >= 0.6 is 0 Å². The van der Waals surface area contributed by atoms with Crippen molar-refractivity contribution in [3.63, 3.8) is 0 Å². The molecule has 0 unspecified atom stereocenters. The fourth-order valence-electron chi connectivity index (χ4n) is 4.06. The van der Waals surface area contributed by atoms with Crippen molar-refractivity contribution < 1.29 is 44.8 Å². The highest BCUT2D eigenvalue weighted by atomic mass is 16.8. The van der Waals surface area contributed by atoms with Gasteiger partial charge in [-0.25, -0.2) is 18.7 Å². The van der Waals surface area contributed by atoms with Crippen molar-refractivity contribution >= 4 is 0 Å². The normalized spacial score (nSPS) is 37.1. The molecule has 192 valence electrons. The minimum Gasteiger partial charge on any atom is -0.394 e. The van der Waals surface area contributed by atoms with Gasteiger partial charge in [0, 0.05) is 18.5 Å². The summed E-state index contributed by atoms with van der Waals surface area (Å²) in [6.07, 6.45) is -9.59. The highest BCUT2D eigenvalue weighted by molar-refractivity contribution is 5.02. The molecule has 0 spiro atoms. The molecule has 2 aliphatic rings. The molecule has 8 atom stereocenters. The number of hydrogen-bond acceptors (Lipinski definition) is 13. The van der Waals surface area contributed by atoms with Crippen LogP contribution in [-0.2, 0) is 26.0 Å². The van der Waals surface area contributed by atoms with Crippen LogP contribution in [0.2, 0.25) is 0 Å². The first-order valence-electron chi connectivity index (χ1n) is 10.2. The zero-order valence-corrected chi connectivity index (χ0v) is 17.7. The first kappa shape index (κ1) is 25.1. The Hall–Kier alpha value is -3.00. The van der Waals surface area contributed by atoms with Crippen LogP contribution in [0.3, 0.4) is 0 Å². The largest absolute Gasteiger partial charge is 0.394 e. The number of rotatable bonds is 6. The summed E-state index contributed by atoms with van der Waals surface area (Å²) in [5.41, 5.74) is -3.58. The van der Waals surface area contributed by atoms with Crippen molar-refractivity contribution in [2.75, 3.05) is 13.2 Å². The van der Waals surface area contributed by atoms with E-state index >= 15 is 0 Å². The molecule has 9 N–H and O–H groups in total. The molecule has 35 heavy (non-hydrogen) atoms. The van der Waals surface area contributed by atoms with E-state index in [9.17, 15) is 45.0 Å². The van der Waals surface area contributed by atoms with Gasteiger partial charge in [-0.05, 0) is 6.07 Å². The van der Waals surface area contributed by atoms with E-state index in [0.29, 0.717) is 9.13 Å². The lowest BCUT2D eigenvalue weighted by atomic mass is 10.1. The molecule has 2 aliphatic heterocycles. The van der Waals surface area contributed by atoms with Gasteiger partial charge in [0.1, 0.15) is 29.9 Å². The molecule has 2 saturated heterocycles. The van der Waals surface area contributed by atoms with Gasteiger partial charge in [0.05, 0.1) is 13.2 Å². The van der Waals surface area contributed by atoms with Gasteiger partial charge >= 0.3 is 11.4 Å². The van der Waals surface area contributed by atoms with Crippen molar-refractivity contribution in [2.24, 2.45) is 0 Å². The molecule has 2 aromatic rings. The van der Waals surface area contributed by atoms with Crippen molar-refractivity contribution in [1.29, 1.82) is 5.41 Å². The molecular formula is C18H23N5O12. The zero-order chi connectivity index (χ0) is 25.7. The maximum Gasteiger partial charge on any atom is 0.332 e. The number of H-pyrrole nitrogens is 2. The molecule has 0 bridgehead atoms. The summed E-state index contributed by atoms with van der Waals surface area (Å²) in [4.78, 5) is 41.0. The Morgan fingerprint density at radius 3 is 1.71 bits per heavy atom. The number of hydrogen-bond donors (Lipinski definition) is 9. The highest BCUT2D eigenvalue weighted by Gasteiger charge is 2.67. The smallest absolute Gasteiger partial charge is 0.332 e. The van der Waals surface area contributed by atoms with E-state index in [1.807, 2.05) is 4.98 Å². The number of nitrogens with zero attached hydrogens (tertiary/aromatic N) is 2. The lowest BCUT2D eigenvalue weighted by Gasteiger charge is -2.42. The quantitative estimate of drug-likeness (QED) is 0.179. The number of aliphatic hydroxyl groups is 6. The third kappa shape index (κ3) is 3.78. The summed E-state index contributed by atoms with van der Waals surface area (Å²) < 4.78 is 17.9. The highest BCUT2D eigenvalue weighted by Crippen LogP contribution is 2.45. The van der Waals surface area contributed by atoms with Gasteiger partial charge in [0.25, 0.3) is 17.4 Å². The lowest BCUT2D eigenvalue weighted by Crippen LogP contribution is -2.62. The van der Waals surface area contributed by atoms with Crippen LogP contribution in [0.15, 0.2) is 38.9 Å². The average molecular weight is 501 g/mol. The maximum absolute atomic E-state index is 12.7. The van der Waals surface area contributed by atoms with E-state index in [-0.39, 0.29) is 5.49 Å². The Bertz CT molecular complexity index is 1220. The van der Waals surface area contributed by atoms with Gasteiger partial charge in [-0.15, -0.1) is 0 Å². The molecule has 17 heteroatoms. The Morgan fingerprint density at radius 1 is 0.857 bits per heavy atom. The molecule has 0 radical (unpaired) electrons. The molecule has 0 aromatic carbocycles. The molecule has 17 nitrogen and oxygen atoms in total. The van der Waals surface area contributed by atoms with E-state index in [1.54, 1.807) is 0 Å². The summed E-state index contributed by atoms with van der Waals surface area (Å²) >= 11 is 0. The van der Waals surface area contributed by atoms with Crippen LogP contribution in [0.5, 0.6) is 0 Å². The van der Waals surface area contributed by atoms with Gasteiger partial charge in [-0.3, -0.25) is 24.9 Å². The second-order valence-corrected chi connectivity index (χ2v) is 7.92. The summed E-state index contributed by atoms with van der Waals surface area (Å²) in [6.45, 7) is -1.77. The van der Waals surface area contributed by atoms with E-state index in [2.05, 4.69) is 4.98 Å². The minimum atomic E-state index is -2.88. The Morgan fingerprint density at radius 2 is 1.31 bits per heavy atom. The zero-order valence-electron chi connectivity index (χ0n) is 17.7. The molecule has 0 amide bonds. The second-order valence-electron chi connectivity index (χ2n) is 7.92. The summed E-state index contributed by atoms with van der Waals surface area (Å²) in [6, 6.07) is 1.87. The van der Waals surface area contributed by atoms with Gasteiger partial charge in [-0.1, -0.05) is 0 Å². The molecule has 2 aromatic heterocycles. The monoisotopic (exact) mass is 501 g/mol. The van der Waals surface area contributed by atoms with Gasteiger partial charge in [0.15, 0.2) is 12.2 Å². The van der Waals surface area contributed by atoms with Crippen molar-refractivity contribution in [2.45, 2.75) is 48.4 Å². The average Bonchev–Trinajstić information content (AvgIpc) is 3.20. The van der Waals surface area contributed by atoms with Gasteiger partial charge in [0.2, 0.25) is 0 Å². The van der Waals surface area contributed by atoms with E-state index in [0.717, 1.165) is 24.5 Å². The number of aromatic amines is 2. The Labute approximate surface area is 193 Å². The molecule has 2 fully saturated rings. The minimum absolute atomic E-state index is 0.368. The van der Waals surface area contributed by atoms with Gasteiger partial charge in [-0.2, -0.15) is 0 Å². The number of aliphatic hydroxyl groups excluding tert-OH is 6. The Balaban J connectivity index is 2.00. The predicted molar refractivity (Wildman–Crippen MR) is 107 cm³/mol. The van der Waals surface area contributed by atoms with Crippen LogP contribution in [0, 0.1) is 5.41 Å². The van der Waals surface area contributed by atoms with Crippen LogP contribution in [0.1, 0.15) is 0 Å². The third-order valence-corrected chi connectivity index (χ3v) is 5.80. The summed E-state index contributed by atoms with van der Waals surface area (Å²) in [5, 5.41) is 69.6. The standard InChI is InChI=1S/C18H23N5O12/c19-9-1-3-22(15(31)20-9)17(13(29)11(27)7(5-24)33-17)35-18(14(30)12(28)8(6-25)34-18)23-4-2-10(26)21-16(23)32/h1-4,7-8,11-14,24-25,27-30H,5-6H2,(H2,19,20,31)(H,21,26,32)/t7-,8-,11-,12-,13-,14-,17+,18+/m1/s1. The lowest BCUT2D eigenvalue weighted by molar-refractivity contribution is -0.448. The van der Waals surface area contributed by atoms with Crippen LogP contribution in [0.25, 0.3) is 0 Å². The fraction of sp³-hybridized carbons (Fsp3) is 0.556. The number of ether oxygens (including phenoxy) is 3. The SMILES string of the molecule is N=c1ccn([C@]2(O[C@@]3(n4ccc(=O)[nH]c4=O)O[C@H](CO)[C@@H](O)[C@H]3O)O[C@H](CO)[C@@H](O)[C@H]2O)c(=O)[nH]1. The Kier molecular flexibility index (Phi) is 6.38. The van der Waals surface area contributed by atoms with Crippen LogP contribution in [0.4, 0.5) is 0 Å². The predicted octanol–water partition coefficient (Wildman–Crippen LogP) is -6.33. The molecular weight excluding hydrogens is 478 g/mol. The van der Waals surface area contributed by atoms with Crippen molar-refractivity contribution in [1.82, 2.24) is 19.1 Å². The van der Waals surface area contributed by atoms with E-state index < -0.39 is 78.6 Å². The van der Waals surface area contributed by atoms with Gasteiger partial charge < -0.3 is 40.1 Å².